The quantitative estimate of drug-likeness (QED) is 0.465. The number of hydrazone groups is 1. The van der Waals surface area contributed by atoms with Gasteiger partial charge in [-0.15, -0.1) is 0 Å². The molecule has 1 aliphatic rings. The van der Waals surface area contributed by atoms with Crippen LogP contribution in [0, 0.1) is 0 Å². The van der Waals surface area contributed by atoms with Crippen molar-refractivity contribution in [2.45, 2.75) is 45.6 Å². The average Bonchev–Trinajstić information content (AvgIpc) is 3.07. The van der Waals surface area contributed by atoms with Gasteiger partial charge in [0.15, 0.2) is 0 Å². The molecule has 0 atom stereocenters. The molecule has 0 saturated heterocycles. The number of rotatable bonds is 6. The van der Waals surface area contributed by atoms with Crippen LogP contribution in [0.3, 0.4) is 0 Å². The molecule has 1 aliphatic carbocycles. The summed E-state index contributed by atoms with van der Waals surface area (Å²) in [5.41, 5.74) is 8.91. The Morgan fingerprint density at radius 3 is 2.69 bits per heavy atom. The number of benzene rings is 2. The van der Waals surface area contributed by atoms with Crippen LogP contribution in [0.2, 0.25) is 0 Å². The molecule has 0 aliphatic heterocycles. The first-order valence-electron chi connectivity index (χ1n) is 10.4. The fourth-order valence-corrected chi connectivity index (χ4v) is 4.17. The van der Waals surface area contributed by atoms with Crippen molar-refractivity contribution in [2.24, 2.45) is 5.10 Å². The Kier molecular flexibility index (Phi) is 5.89. The van der Waals surface area contributed by atoms with Crippen molar-refractivity contribution in [1.29, 1.82) is 0 Å². The van der Waals surface area contributed by atoms with E-state index in [1.807, 2.05) is 43.3 Å². The molecule has 29 heavy (non-hydrogen) atoms. The number of nitrogens with zero attached hydrogens (tertiary/aromatic N) is 2. The maximum atomic E-state index is 12.3. The van der Waals surface area contributed by atoms with Gasteiger partial charge in [0.1, 0.15) is 0 Å². The third kappa shape index (κ3) is 4.48. The highest BCUT2D eigenvalue weighted by atomic mass is 16.2. The van der Waals surface area contributed by atoms with E-state index in [0.29, 0.717) is 13.0 Å². The van der Waals surface area contributed by atoms with E-state index in [4.69, 9.17) is 0 Å². The number of hydrogen-bond acceptors (Lipinski definition) is 2. The molecule has 0 bridgehead atoms. The minimum absolute atomic E-state index is 0.0592. The van der Waals surface area contributed by atoms with Crippen molar-refractivity contribution < 1.29 is 4.79 Å². The summed E-state index contributed by atoms with van der Waals surface area (Å²) in [6.45, 7) is 2.66. The van der Waals surface area contributed by atoms with Gasteiger partial charge in [-0.25, -0.2) is 5.43 Å². The Balaban J connectivity index is 1.39. The van der Waals surface area contributed by atoms with Crippen molar-refractivity contribution in [2.75, 3.05) is 0 Å². The molecule has 0 unspecified atom stereocenters. The van der Waals surface area contributed by atoms with E-state index in [1.165, 1.54) is 35.0 Å². The van der Waals surface area contributed by atoms with Crippen molar-refractivity contribution in [3.8, 4) is 0 Å². The van der Waals surface area contributed by atoms with Crippen LogP contribution in [0.25, 0.3) is 17.0 Å². The Hall–Kier alpha value is -3.14. The summed E-state index contributed by atoms with van der Waals surface area (Å²) in [5.74, 6) is -0.0592. The summed E-state index contributed by atoms with van der Waals surface area (Å²) in [5, 5.41) is 5.46. The maximum Gasteiger partial charge on any atom is 0.241 e. The number of carbonyl (C=O) groups excluding carboxylic acids is 1. The van der Waals surface area contributed by atoms with E-state index in [9.17, 15) is 4.79 Å². The van der Waals surface area contributed by atoms with Gasteiger partial charge in [-0.1, -0.05) is 54.6 Å². The highest BCUT2D eigenvalue weighted by Crippen LogP contribution is 2.32. The van der Waals surface area contributed by atoms with Gasteiger partial charge in [-0.2, -0.15) is 5.10 Å². The highest BCUT2D eigenvalue weighted by molar-refractivity contribution is 5.87. The Bertz CT molecular complexity index is 1060. The van der Waals surface area contributed by atoms with E-state index in [0.717, 1.165) is 24.0 Å². The van der Waals surface area contributed by atoms with Crippen LogP contribution in [0.1, 0.15) is 43.0 Å². The van der Waals surface area contributed by atoms with Crippen molar-refractivity contribution in [3.05, 3.63) is 77.0 Å². The number of carbonyl (C=O) groups is 1. The molecule has 0 radical (unpaired) electrons. The number of para-hydroxylation sites is 1. The molecular weight excluding hydrogens is 358 g/mol. The molecule has 1 heterocycles. The van der Waals surface area contributed by atoms with Crippen LogP contribution in [-0.4, -0.2) is 16.7 Å². The first kappa shape index (κ1) is 19.2. The standard InChI is InChI=1S/C25H27N3O/c1-19(17-20-9-3-2-4-10-20)18-26-27-25(29)15-16-28-23-13-7-5-11-21(23)22-12-6-8-14-24(22)28/h2-5,7,9-11,13,17-18H,6,8,12,14-16H2,1H3,(H,27,29)/b19-17+,26-18?. The minimum Gasteiger partial charge on any atom is -0.344 e. The Labute approximate surface area is 171 Å². The number of fused-ring (bicyclic) bond motifs is 3. The van der Waals surface area contributed by atoms with Gasteiger partial charge in [0, 0.05) is 29.6 Å². The zero-order valence-electron chi connectivity index (χ0n) is 16.9. The second kappa shape index (κ2) is 8.91. The van der Waals surface area contributed by atoms with Gasteiger partial charge < -0.3 is 4.57 Å². The molecule has 148 valence electrons. The zero-order chi connectivity index (χ0) is 20.1. The summed E-state index contributed by atoms with van der Waals surface area (Å²) in [4.78, 5) is 12.3. The van der Waals surface area contributed by atoms with E-state index >= 15 is 0 Å². The fraction of sp³-hybridized carbons (Fsp3) is 0.280. The number of hydrogen-bond donors (Lipinski definition) is 1. The molecule has 3 aromatic rings. The van der Waals surface area contributed by atoms with E-state index in [2.05, 4.69) is 39.4 Å². The molecule has 1 amide bonds. The van der Waals surface area contributed by atoms with Crippen LogP contribution in [0.5, 0.6) is 0 Å². The van der Waals surface area contributed by atoms with Crippen molar-refractivity contribution in [1.82, 2.24) is 9.99 Å². The maximum absolute atomic E-state index is 12.3. The predicted octanol–water partition coefficient (Wildman–Crippen LogP) is 5.12. The van der Waals surface area contributed by atoms with E-state index in [-0.39, 0.29) is 5.91 Å². The number of nitrogens with one attached hydrogen (secondary N) is 1. The smallest absolute Gasteiger partial charge is 0.241 e. The average molecular weight is 386 g/mol. The van der Waals surface area contributed by atoms with Gasteiger partial charge >= 0.3 is 0 Å². The van der Waals surface area contributed by atoms with Gasteiger partial charge in [0.2, 0.25) is 5.91 Å². The highest BCUT2D eigenvalue weighted by Gasteiger charge is 2.19. The second-order valence-corrected chi connectivity index (χ2v) is 7.64. The predicted molar refractivity (Wildman–Crippen MR) is 120 cm³/mol. The lowest BCUT2D eigenvalue weighted by Crippen LogP contribution is -2.20. The number of amides is 1. The number of allylic oxidation sites excluding steroid dienone is 1. The molecular formula is C25H27N3O. The van der Waals surface area contributed by atoms with Crippen LogP contribution in [-0.2, 0) is 24.2 Å². The topological polar surface area (TPSA) is 46.4 Å². The van der Waals surface area contributed by atoms with Gasteiger partial charge in [-0.3, -0.25) is 4.79 Å². The molecule has 2 aromatic carbocycles. The first-order valence-corrected chi connectivity index (χ1v) is 10.4. The molecule has 0 saturated carbocycles. The number of aryl methyl sites for hydroxylation is 2. The summed E-state index contributed by atoms with van der Waals surface area (Å²) >= 11 is 0. The first-order chi connectivity index (χ1) is 14.2. The monoisotopic (exact) mass is 385 g/mol. The minimum atomic E-state index is -0.0592. The lowest BCUT2D eigenvalue weighted by Gasteiger charge is -2.15. The zero-order valence-corrected chi connectivity index (χ0v) is 16.9. The lowest BCUT2D eigenvalue weighted by atomic mass is 9.95. The van der Waals surface area contributed by atoms with Gasteiger partial charge in [0.25, 0.3) is 0 Å². The summed E-state index contributed by atoms with van der Waals surface area (Å²) in [6, 6.07) is 18.6. The second-order valence-electron chi connectivity index (χ2n) is 7.64. The largest absolute Gasteiger partial charge is 0.344 e. The summed E-state index contributed by atoms with van der Waals surface area (Å²) in [7, 11) is 0. The Morgan fingerprint density at radius 2 is 1.83 bits per heavy atom. The van der Waals surface area contributed by atoms with Crippen LogP contribution in [0.4, 0.5) is 0 Å². The van der Waals surface area contributed by atoms with E-state index < -0.39 is 0 Å². The lowest BCUT2D eigenvalue weighted by molar-refractivity contribution is -0.121. The summed E-state index contributed by atoms with van der Waals surface area (Å²) < 4.78 is 2.34. The van der Waals surface area contributed by atoms with Crippen LogP contribution in [0.15, 0.2) is 65.3 Å². The van der Waals surface area contributed by atoms with Gasteiger partial charge in [0.05, 0.1) is 6.21 Å². The third-order valence-corrected chi connectivity index (χ3v) is 5.50. The van der Waals surface area contributed by atoms with Crippen LogP contribution < -0.4 is 5.43 Å². The molecule has 1 N–H and O–H groups in total. The molecule has 1 aromatic heterocycles. The number of aromatic nitrogens is 1. The SMILES string of the molecule is C/C(C=NNC(=O)CCn1c2c(c3ccccc31)CCCC2)=C\c1ccccc1. The molecule has 0 fully saturated rings. The fourth-order valence-electron chi connectivity index (χ4n) is 4.17. The third-order valence-electron chi connectivity index (χ3n) is 5.50. The molecule has 4 heteroatoms. The Morgan fingerprint density at radius 1 is 1.07 bits per heavy atom. The summed E-state index contributed by atoms with van der Waals surface area (Å²) in [6.07, 6.45) is 8.88. The van der Waals surface area contributed by atoms with Crippen molar-refractivity contribution in [3.63, 3.8) is 0 Å². The van der Waals surface area contributed by atoms with Gasteiger partial charge in [-0.05, 0) is 55.4 Å². The molecule has 0 spiro atoms. The molecule has 4 rings (SSSR count). The normalized spacial score (nSPS) is 14.3. The van der Waals surface area contributed by atoms with Crippen molar-refractivity contribution >= 4 is 29.1 Å². The van der Waals surface area contributed by atoms with E-state index in [1.54, 1.807) is 6.21 Å². The van der Waals surface area contributed by atoms with Crippen LogP contribution >= 0.6 is 0 Å². The molecule has 4 nitrogen and oxygen atoms in total.